The first-order valence-electron chi connectivity index (χ1n) is 9.62. The summed E-state index contributed by atoms with van der Waals surface area (Å²) in [6, 6.07) is 9.33. The number of rotatable bonds is 7. The molecular weight excluding hydrogens is 410 g/mol. The molecule has 0 spiro atoms. The zero-order chi connectivity index (χ0) is 21.7. The molecule has 162 valence electrons. The van der Waals surface area contributed by atoms with E-state index in [1.807, 2.05) is 6.92 Å². The number of hydrogen-bond donors (Lipinski definition) is 0. The van der Waals surface area contributed by atoms with E-state index in [1.165, 1.54) is 25.4 Å². The van der Waals surface area contributed by atoms with Gasteiger partial charge in [0, 0.05) is 33.2 Å². The highest BCUT2D eigenvalue weighted by atomic mass is 32.2. The van der Waals surface area contributed by atoms with Crippen LogP contribution in [0.1, 0.15) is 17.5 Å². The second kappa shape index (κ2) is 9.31. The number of carbonyl (C=O) groups excluding carboxylic acids is 2. The Kier molecular flexibility index (Phi) is 6.78. The second-order valence-corrected chi connectivity index (χ2v) is 8.86. The maximum atomic E-state index is 12.7. The van der Waals surface area contributed by atoms with Crippen molar-refractivity contribution >= 4 is 21.8 Å². The normalized spacial score (nSPS) is 14.8. The molecule has 0 unspecified atom stereocenters. The van der Waals surface area contributed by atoms with Crippen molar-refractivity contribution in [1.29, 1.82) is 0 Å². The molecule has 0 radical (unpaired) electrons. The van der Waals surface area contributed by atoms with Crippen LogP contribution in [0.15, 0.2) is 52.0 Å². The lowest BCUT2D eigenvalue weighted by Crippen LogP contribution is -2.52. The Hall–Kier alpha value is -2.85. The zero-order valence-corrected chi connectivity index (χ0v) is 17.8. The largest absolute Gasteiger partial charge is 0.494 e. The molecule has 2 heterocycles. The van der Waals surface area contributed by atoms with Gasteiger partial charge in [-0.1, -0.05) is 0 Å². The molecule has 1 aliphatic rings. The topological polar surface area (TPSA) is 100 Å². The molecule has 0 atom stereocenters. The van der Waals surface area contributed by atoms with Gasteiger partial charge in [0.1, 0.15) is 5.75 Å². The highest BCUT2D eigenvalue weighted by Crippen LogP contribution is 2.19. The summed E-state index contributed by atoms with van der Waals surface area (Å²) >= 11 is 0. The maximum Gasteiger partial charge on any atom is 0.289 e. The quantitative estimate of drug-likeness (QED) is 0.650. The molecule has 0 aliphatic carbocycles. The number of likely N-dealkylation sites (N-methyl/N-ethyl adjacent to an activating group) is 1. The fourth-order valence-electron chi connectivity index (χ4n) is 3.14. The minimum absolute atomic E-state index is 0.0927. The van der Waals surface area contributed by atoms with Gasteiger partial charge in [-0.2, -0.15) is 4.31 Å². The summed E-state index contributed by atoms with van der Waals surface area (Å²) in [4.78, 5) is 28.2. The molecule has 1 saturated heterocycles. The van der Waals surface area contributed by atoms with Crippen LogP contribution in [-0.4, -0.2) is 80.7 Å². The van der Waals surface area contributed by atoms with Gasteiger partial charge in [0.2, 0.25) is 15.9 Å². The standard InChI is InChI=1S/C20H25N3O6S/c1-3-28-16-6-8-17(9-7-16)30(26,27)21(2)15-19(24)22-10-12-23(13-11-22)20(25)18-5-4-14-29-18/h4-9,14H,3,10-13,15H2,1-2H3. The molecule has 2 amide bonds. The highest BCUT2D eigenvalue weighted by Gasteiger charge is 2.29. The average molecular weight is 436 g/mol. The van der Waals surface area contributed by atoms with E-state index < -0.39 is 10.0 Å². The van der Waals surface area contributed by atoms with Crippen molar-refractivity contribution in [3.63, 3.8) is 0 Å². The van der Waals surface area contributed by atoms with Gasteiger partial charge in [0.15, 0.2) is 5.76 Å². The van der Waals surface area contributed by atoms with Gasteiger partial charge in [0.05, 0.1) is 24.3 Å². The van der Waals surface area contributed by atoms with Gasteiger partial charge >= 0.3 is 0 Å². The number of amides is 2. The first-order valence-corrected chi connectivity index (χ1v) is 11.1. The Balaban J connectivity index is 1.55. The Morgan fingerprint density at radius 3 is 2.27 bits per heavy atom. The summed E-state index contributed by atoms with van der Waals surface area (Å²) in [7, 11) is -2.43. The van der Waals surface area contributed by atoms with Crippen molar-refractivity contribution in [2.24, 2.45) is 0 Å². The Morgan fingerprint density at radius 2 is 1.70 bits per heavy atom. The number of furan rings is 1. The number of ether oxygens (including phenoxy) is 1. The molecule has 30 heavy (non-hydrogen) atoms. The van der Waals surface area contributed by atoms with Crippen molar-refractivity contribution in [3.8, 4) is 5.75 Å². The van der Waals surface area contributed by atoms with E-state index >= 15 is 0 Å². The van der Waals surface area contributed by atoms with Gasteiger partial charge in [-0.15, -0.1) is 0 Å². The van der Waals surface area contributed by atoms with Crippen molar-refractivity contribution in [1.82, 2.24) is 14.1 Å². The molecule has 0 saturated carbocycles. The molecule has 10 heteroatoms. The predicted molar refractivity (Wildman–Crippen MR) is 109 cm³/mol. The molecule has 9 nitrogen and oxygen atoms in total. The molecule has 1 fully saturated rings. The number of piperazine rings is 1. The first kappa shape index (κ1) is 21.8. The van der Waals surface area contributed by atoms with E-state index in [0.29, 0.717) is 38.5 Å². The van der Waals surface area contributed by atoms with Crippen LogP contribution >= 0.6 is 0 Å². The number of sulfonamides is 1. The number of hydrogen-bond acceptors (Lipinski definition) is 6. The number of benzene rings is 1. The van der Waals surface area contributed by atoms with Crippen LogP contribution in [0.2, 0.25) is 0 Å². The van der Waals surface area contributed by atoms with Gasteiger partial charge in [-0.3, -0.25) is 9.59 Å². The van der Waals surface area contributed by atoms with E-state index in [0.717, 1.165) is 4.31 Å². The van der Waals surface area contributed by atoms with Crippen LogP contribution in [-0.2, 0) is 14.8 Å². The van der Waals surface area contributed by atoms with Gasteiger partial charge < -0.3 is 19.0 Å². The monoisotopic (exact) mass is 435 g/mol. The lowest BCUT2D eigenvalue weighted by molar-refractivity contribution is -0.132. The van der Waals surface area contributed by atoms with Crippen LogP contribution in [0, 0.1) is 0 Å². The molecule has 0 bridgehead atoms. The van der Waals surface area contributed by atoms with Gasteiger partial charge in [-0.25, -0.2) is 8.42 Å². The van der Waals surface area contributed by atoms with Crippen LogP contribution < -0.4 is 4.74 Å². The molecule has 3 rings (SSSR count). The third kappa shape index (κ3) is 4.82. The van der Waals surface area contributed by atoms with Crippen LogP contribution in [0.5, 0.6) is 5.75 Å². The summed E-state index contributed by atoms with van der Waals surface area (Å²) in [5.41, 5.74) is 0. The Bertz CT molecular complexity index is 964. The average Bonchev–Trinajstić information content (AvgIpc) is 3.29. The third-order valence-corrected chi connectivity index (χ3v) is 6.67. The van der Waals surface area contributed by atoms with Crippen molar-refractivity contribution in [2.45, 2.75) is 11.8 Å². The number of carbonyl (C=O) groups is 2. The van der Waals surface area contributed by atoms with Gasteiger partial charge in [-0.05, 0) is 43.3 Å². The van der Waals surface area contributed by atoms with E-state index in [1.54, 1.807) is 34.1 Å². The minimum atomic E-state index is -3.80. The van der Waals surface area contributed by atoms with Gasteiger partial charge in [0.25, 0.3) is 5.91 Å². The minimum Gasteiger partial charge on any atom is -0.494 e. The Morgan fingerprint density at radius 1 is 1.07 bits per heavy atom. The second-order valence-electron chi connectivity index (χ2n) is 6.82. The first-order chi connectivity index (χ1) is 14.3. The predicted octanol–water partition coefficient (Wildman–Crippen LogP) is 1.28. The fourth-order valence-corrected chi connectivity index (χ4v) is 4.27. The Labute approximate surface area is 175 Å². The third-order valence-electron chi connectivity index (χ3n) is 4.85. The SMILES string of the molecule is CCOc1ccc(S(=O)(=O)N(C)CC(=O)N2CCN(C(=O)c3ccco3)CC2)cc1. The van der Waals surface area contributed by atoms with Crippen molar-refractivity contribution < 1.29 is 27.2 Å². The van der Waals surface area contributed by atoms with E-state index in [4.69, 9.17) is 9.15 Å². The van der Waals surface area contributed by atoms with Crippen molar-refractivity contribution in [3.05, 3.63) is 48.4 Å². The lowest BCUT2D eigenvalue weighted by Gasteiger charge is -2.35. The van der Waals surface area contributed by atoms with Crippen molar-refractivity contribution in [2.75, 3.05) is 46.4 Å². The van der Waals surface area contributed by atoms with Crippen LogP contribution in [0.25, 0.3) is 0 Å². The van der Waals surface area contributed by atoms with E-state index in [-0.39, 0.29) is 29.0 Å². The maximum absolute atomic E-state index is 12.7. The summed E-state index contributed by atoms with van der Waals surface area (Å²) in [6.07, 6.45) is 1.44. The molecule has 1 aromatic heterocycles. The smallest absolute Gasteiger partial charge is 0.289 e. The highest BCUT2D eigenvalue weighted by molar-refractivity contribution is 7.89. The molecule has 1 aliphatic heterocycles. The van der Waals surface area contributed by atoms with E-state index in [9.17, 15) is 18.0 Å². The number of nitrogens with zero attached hydrogens (tertiary/aromatic N) is 3. The summed E-state index contributed by atoms with van der Waals surface area (Å²) in [5.74, 6) is 0.313. The van der Waals surface area contributed by atoms with E-state index in [2.05, 4.69) is 0 Å². The fraction of sp³-hybridized carbons (Fsp3) is 0.400. The summed E-state index contributed by atoms with van der Waals surface area (Å²) in [6.45, 7) is 3.45. The molecule has 1 aromatic carbocycles. The molecular formula is C20H25N3O6S. The molecule has 2 aromatic rings. The summed E-state index contributed by atoms with van der Waals surface area (Å²) in [5, 5.41) is 0. The van der Waals surface area contributed by atoms with Crippen LogP contribution in [0.4, 0.5) is 0 Å². The zero-order valence-electron chi connectivity index (χ0n) is 17.0. The van der Waals surface area contributed by atoms with Crippen LogP contribution in [0.3, 0.4) is 0 Å². The lowest BCUT2D eigenvalue weighted by atomic mass is 10.3. The molecule has 0 N–H and O–H groups in total. The summed E-state index contributed by atoms with van der Waals surface area (Å²) < 4.78 is 37.0.